The van der Waals surface area contributed by atoms with Crippen LogP contribution < -0.4 is 4.90 Å². The SMILES string of the molecule is C=C/C=C\c1c(C)c2cc(N(c3ccccc3)c3c4ccccc4c(-c4ccccc4)c4ccccc34)ccc2n1-c1ccccc1. The number of hydrogen-bond acceptors (Lipinski definition) is 1. The molecule has 2 nitrogen and oxygen atoms in total. The van der Waals surface area contributed by atoms with Gasteiger partial charge in [0.15, 0.2) is 0 Å². The fourth-order valence-corrected chi connectivity index (χ4v) is 7.05. The highest BCUT2D eigenvalue weighted by Crippen LogP contribution is 2.48. The molecule has 8 rings (SSSR count). The minimum absolute atomic E-state index is 1.11. The van der Waals surface area contributed by atoms with Crippen molar-refractivity contribution in [3.63, 3.8) is 0 Å². The average molecular weight is 603 g/mol. The van der Waals surface area contributed by atoms with Crippen LogP contribution in [0.4, 0.5) is 17.1 Å². The molecule has 0 amide bonds. The van der Waals surface area contributed by atoms with Gasteiger partial charge < -0.3 is 9.47 Å². The summed E-state index contributed by atoms with van der Waals surface area (Å²) in [7, 11) is 0. The lowest BCUT2D eigenvalue weighted by Gasteiger charge is -2.29. The predicted octanol–water partition coefficient (Wildman–Crippen LogP) is 12.6. The molecule has 0 saturated heterocycles. The standard InChI is InChI=1S/C45H34N2/c1-3-4-28-42-32(2)41-31-36(29-30-43(41)47(42)35-22-12-7-13-23-35)46(34-20-10-6-11-21-34)45-39-26-16-14-24-37(39)44(33-18-8-5-9-19-33)38-25-15-17-27-40(38)45/h3-31H,1H2,2H3/b28-4-. The molecule has 0 aliphatic carbocycles. The van der Waals surface area contributed by atoms with E-state index in [1.807, 2.05) is 12.2 Å². The topological polar surface area (TPSA) is 8.17 Å². The van der Waals surface area contributed by atoms with Crippen LogP contribution in [0.5, 0.6) is 0 Å². The fraction of sp³-hybridized carbons (Fsp3) is 0.0222. The van der Waals surface area contributed by atoms with Crippen LogP contribution in [0.1, 0.15) is 11.3 Å². The summed E-state index contributed by atoms with van der Waals surface area (Å²) < 4.78 is 2.35. The molecular weight excluding hydrogens is 569 g/mol. The highest BCUT2D eigenvalue weighted by molar-refractivity contribution is 6.22. The number of nitrogens with zero attached hydrogens (tertiary/aromatic N) is 2. The zero-order valence-corrected chi connectivity index (χ0v) is 26.3. The van der Waals surface area contributed by atoms with Crippen LogP contribution in [0.2, 0.25) is 0 Å². The van der Waals surface area contributed by atoms with Crippen molar-refractivity contribution in [3.05, 3.63) is 188 Å². The van der Waals surface area contributed by atoms with Crippen LogP contribution in [0.3, 0.4) is 0 Å². The Morgan fingerprint density at radius 3 is 1.72 bits per heavy atom. The molecule has 0 saturated carbocycles. The Morgan fingerprint density at radius 1 is 0.553 bits per heavy atom. The predicted molar refractivity (Wildman–Crippen MR) is 202 cm³/mol. The van der Waals surface area contributed by atoms with Crippen molar-refractivity contribution < 1.29 is 0 Å². The van der Waals surface area contributed by atoms with Crippen molar-refractivity contribution in [2.75, 3.05) is 4.90 Å². The zero-order valence-electron chi connectivity index (χ0n) is 26.3. The normalized spacial score (nSPS) is 11.5. The van der Waals surface area contributed by atoms with E-state index in [0.717, 1.165) is 22.8 Å². The van der Waals surface area contributed by atoms with E-state index in [-0.39, 0.29) is 0 Å². The van der Waals surface area contributed by atoms with Crippen molar-refractivity contribution in [1.29, 1.82) is 0 Å². The van der Waals surface area contributed by atoms with Crippen molar-refractivity contribution in [1.82, 2.24) is 4.57 Å². The molecule has 1 aromatic heterocycles. The molecule has 0 fully saturated rings. The lowest BCUT2D eigenvalue weighted by molar-refractivity contribution is 1.10. The van der Waals surface area contributed by atoms with Gasteiger partial charge in [0.2, 0.25) is 0 Å². The number of benzene rings is 7. The minimum atomic E-state index is 1.11. The molecule has 2 heteroatoms. The van der Waals surface area contributed by atoms with Crippen LogP contribution in [-0.4, -0.2) is 4.57 Å². The van der Waals surface area contributed by atoms with Gasteiger partial charge >= 0.3 is 0 Å². The lowest BCUT2D eigenvalue weighted by atomic mass is 9.90. The molecule has 8 aromatic rings. The first-order valence-corrected chi connectivity index (χ1v) is 16.1. The third-order valence-corrected chi connectivity index (χ3v) is 9.12. The van der Waals surface area contributed by atoms with E-state index < -0.39 is 0 Å². The van der Waals surface area contributed by atoms with Gasteiger partial charge in [-0.15, -0.1) is 0 Å². The van der Waals surface area contributed by atoms with Crippen molar-refractivity contribution in [2.24, 2.45) is 0 Å². The van der Waals surface area contributed by atoms with Gasteiger partial charge in [-0.3, -0.25) is 0 Å². The van der Waals surface area contributed by atoms with Gasteiger partial charge in [-0.05, 0) is 82.9 Å². The number of rotatable bonds is 7. The second kappa shape index (κ2) is 12.0. The maximum absolute atomic E-state index is 3.94. The Hall–Kier alpha value is -6.12. The summed E-state index contributed by atoms with van der Waals surface area (Å²) >= 11 is 0. The first-order valence-electron chi connectivity index (χ1n) is 16.1. The monoisotopic (exact) mass is 602 g/mol. The lowest BCUT2D eigenvalue weighted by Crippen LogP contribution is -2.11. The van der Waals surface area contributed by atoms with E-state index in [4.69, 9.17) is 0 Å². The highest BCUT2D eigenvalue weighted by atomic mass is 15.1. The van der Waals surface area contributed by atoms with E-state index in [1.54, 1.807) is 0 Å². The fourth-order valence-electron chi connectivity index (χ4n) is 7.05. The Labute approximate surface area is 275 Å². The molecule has 47 heavy (non-hydrogen) atoms. The number of allylic oxidation sites excluding steroid dienone is 2. The maximum atomic E-state index is 3.94. The Morgan fingerprint density at radius 2 is 1.11 bits per heavy atom. The molecule has 0 radical (unpaired) electrons. The molecular formula is C45H34N2. The Bertz CT molecular complexity index is 2360. The summed E-state index contributed by atoms with van der Waals surface area (Å²) in [4.78, 5) is 2.44. The first kappa shape index (κ1) is 28.4. The maximum Gasteiger partial charge on any atom is 0.0618 e. The van der Waals surface area contributed by atoms with Crippen LogP contribution in [0.15, 0.2) is 176 Å². The van der Waals surface area contributed by atoms with E-state index in [0.29, 0.717) is 0 Å². The van der Waals surface area contributed by atoms with Crippen LogP contribution in [0.25, 0.3) is 55.3 Å². The molecule has 0 spiro atoms. The molecule has 0 atom stereocenters. The number of aromatic nitrogens is 1. The number of anilines is 3. The zero-order chi connectivity index (χ0) is 31.7. The molecule has 0 N–H and O–H groups in total. The second-order valence-corrected chi connectivity index (χ2v) is 11.8. The van der Waals surface area contributed by atoms with E-state index in [9.17, 15) is 0 Å². The summed E-state index contributed by atoms with van der Waals surface area (Å²) in [5.41, 5.74) is 10.6. The molecule has 1 heterocycles. The molecule has 0 bridgehead atoms. The van der Waals surface area contributed by atoms with Gasteiger partial charge in [0.05, 0.1) is 11.2 Å². The molecule has 224 valence electrons. The summed E-state index contributed by atoms with van der Waals surface area (Å²) in [6.07, 6.45) is 6.02. The van der Waals surface area contributed by atoms with Crippen LogP contribution in [0, 0.1) is 6.92 Å². The quantitative estimate of drug-likeness (QED) is 0.130. The van der Waals surface area contributed by atoms with Gasteiger partial charge in [-0.1, -0.05) is 134 Å². The molecule has 0 aliphatic heterocycles. The third-order valence-electron chi connectivity index (χ3n) is 9.12. The van der Waals surface area contributed by atoms with Gasteiger partial charge in [-0.25, -0.2) is 0 Å². The summed E-state index contributed by atoms with van der Waals surface area (Å²) in [5.74, 6) is 0. The molecule has 7 aromatic carbocycles. The van der Waals surface area contributed by atoms with E-state index >= 15 is 0 Å². The van der Waals surface area contributed by atoms with Gasteiger partial charge in [-0.2, -0.15) is 0 Å². The van der Waals surface area contributed by atoms with Gasteiger partial charge in [0, 0.05) is 38.9 Å². The number of aryl methyl sites for hydroxylation is 1. The van der Waals surface area contributed by atoms with Crippen LogP contribution >= 0.6 is 0 Å². The smallest absolute Gasteiger partial charge is 0.0618 e. The van der Waals surface area contributed by atoms with Gasteiger partial charge in [0.1, 0.15) is 0 Å². The van der Waals surface area contributed by atoms with Crippen molar-refractivity contribution >= 4 is 55.6 Å². The summed E-state index contributed by atoms with van der Waals surface area (Å²) in [6, 6.07) is 56.7. The number of hydrogen-bond donors (Lipinski definition) is 0. The number of para-hydroxylation sites is 2. The third kappa shape index (κ3) is 4.83. The Kier molecular flexibility index (Phi) is 7.24. The van der Waals surface area contributed by atoms with Crippen LogP contribution in [-0.2, 0) is 0 Å². The van der Waals surface area contributed by atoms with E-state index in [1.165, 1.54) is 54.8 Å². The summed E-state index contributed by atoms with van der Waals surface area (Å²) in [6.45, 7) is 6.16. The number of fused-ring (bicyclic) bond motifs is 3. The Balaban J connectivity index is 1.45. The van der Waals surface area contributed by atoms with Crippen molar-refractivity contribution in [2.45, 2.75) is 6.92 Å². The molecule has 0 unspecified atom stereocenters. The average Bonchev–Trinajstić information content (AvgIpc) is 3.42. The van der Waals surface area contributed by atoms with Crippen molar-refractivity contribution in [3.8, 4) is 16.8 Å². The molecule has 0 aliphatic rings. The largest absolute Gasteiger partial charge is 0.310 e. The minimum Gasteiger partial charge on any atom is -0.310 e. The highest BCUT2D eigenvalue weighted by Gasteiger charge is 2.23. The second-order valence-electron chi connectivity index (χ2n) is 11.8. The summed E-state index contributed by atoms with van der Waals surface area (Å²) in [5, 5.41) is 6.10. The first-order chi connectivity index (χ1) is 23.2. The van der Waals surface area contributed by atoms with Gasteiger partial charge in [0.25, 0.3) is 0 Å². The van der Waals surface area contributed by atoms with E-state index in [2.05, 4.69) is 187 Å².